The van der Waals surface area contributed by atoms with Crippen molar-refractivity contribution in [2.24, 2.45) is 0 Å². The SMILES string of the molecule is CC(=O)N1C(=O)C(=C(O)c2cccc(F)c2)c2ccc(F)cc21. The van der Waals surface area contributed by atoms with Crippen LogP contribution < -0.4 is 4.90 Å². The third-order valence-corrected chi connectivity index (χ3v) is 3.54. The van der Waals surface area contributed by atoms with Crippen molar-refractivity contribution in [2.75, 3.05) is 4.90 Å². The molecule has 0 saturated carbocycles. The lowest BCUT2D eigenvalue weighted by Crippen LogP contribution is -2.31. The summed E-state index contributed by atoms with van der Waals surface area (Å²) in [6.07, 6.45) is 0. The molecule has 3 rings (SSSR count). The zero-order valence-electron chi connectivity index (χ0n) is 12.0. The molecule has 2 aromatic carbocycles. The van der Waals surface area contributed by atoms with Gasteiger partial charge in [-0.05, 0) is 30.3 Å². The van der Waals surface area contributed by atoms with Crippen LogP contribution in [0.25, 0.3) is 11.3 Å². The van der Waals surface area contributed by atoms with Crippen LogP contribution in [0.3, 0.4) is 0 Å². The van der Waals surface area contributed by atoms with Crippen molar-refractivity contribution in [3.05, 3.63) is 65.2 Å². The molecule has 116 valence electrons. The second kappa shape index (κ2) is 5.31. The molecule has 2 amide bonds. The summed E-state index contributed by atoms with van der Waals surface area (Å²) in [5.41, 5.74) is 0.198. The summed E-state index contributed by atoms with van der Waals surface area (Å²) in [5.74, 6) is -3.05. The van der Waals surface area contributed by atoms with Gasteiger partial charge in [0, 0.05) is 18.1 Å². The number of hydrogen-bond acceptors (Lipinski definition) is 3. The highest BCUT2D eigenvalue weighted by molar-refractivity contribution is 6.42. The Labute approximate surface area is 130 Å². The Hall–Kier alpha value is -3.02. The predicted molar refractivity (Wildman–Crippen MR) is 80.4 cm³/mol. The van der Waals surface area contributed by atoms with Crippen LogP contribution in [0, 0.1) is 11.6 Å². The molecule has 0 bridgehead atoms. The molecule has 1 aliphatic rings. The van der Waals surface area contributed by atoms with Crippen molar-refractivity contribution < 1.29 is 23.5 Å². The number of nitrogens with zero attached hydrogens (tertiary/aromatic N) is 1. The summed E-state index contributed by atoms with van der Waals surface area (Å²) in [6.45, 7) is 1.16. The Morgan fingerprint density at radius 3 is 2.43 bits per heavy atom. The lowest BCUT2D eigenvalue weighted by molar-refractivity contribution is -0.122. The first-order valence-corrected chi connectivity index (χ1v) is 6.74. The largest absolute Gasteiger partial charge is 0.506 e. The van der Waals surface area contributed by atoms with Crippen molar-refractivity contribution in [1.82, 2.24) is 0 Å². The molecule has 0 saturated heterocycles. The quantitative estimate of drug-likeness (QED) is 0.649. The van der Waals surface area contributed by atoms with Gasteiger partial charge in [-0.2, -0.15) is 0 Å². The van der Waals surface area contributed by atoms with Crippen LogP contribution >= 0.6 is 0 Å². The number of aliphatic hydroxyl groups excluding tert-OH is 1. The summed E-state index contributed by atoms with van der Waals surface area (Å²) < 4.78 is 26.8. The van der Waals surface area contributed by atoms with Gasteiger partial charge in [0.2, 0.25) is 5.91 Å². The van der Waals surface area contributed by atoms with Gasteiger partial charge in [0.05, 0.1) is 11.3 Å². The van der Waals surface area contributed by atoms with E-state index in [-0.39, 0.29) is 22.4 Å². The summed E-state index contributed by atoms with van der Waals surface area (Å²) >= 11 is 0. The molecule has 1 N–H and O–H groups in total. The van der Waals surface area contributed by atoms with E-state index in [1.807, 2.05) is 0 Å². The van der Waals surface area contributed by atoms with E-state index >= 15 is 0 Å². The van der Waals surface area contributed by atoms with Crippen LogP contribution in [0.1, 0.15) is 18.1 Å². The predicted octanol–water partition coefficient (Wildman–Crippen LogP) is 3.28. The molecule has 0 aliphatic carbocycles. The second-order valence-electron chi connectivity index (χ2n) is 5.06. The Balaban J connectivity index is 2.27. The smallest absolute Gasteiger partial charge is 0.269 e. The zero-order valence-corrected chi connectivity index (χ0v) is 12.0. The number of halogens is 2. The normalized spacial score (nSPS) is 15.6. The van der Waals surface area contributed by atoms with Crippen LogP contribution in [0.5, 0.6) is 0 Å². The van der Waals surface area contributed by atoms with E-state index in [9.17, 15) is 23.5 Å². The molecule has 0 fully saturated rings. The van der Waals surface area contributed by atoms with Crippen molar-refractivity contribution in [1.29, 1.82) is 0 Å². The number of benzene rings is 2. The van der Waals surface area contributed by atoms with E-state index in [4.69, 9.17) is 0 Å². The molecule has 4 nitrogen and oxygen atoms in total. The Kier molecular flexibility index (Phi) is 3.44. The molecule has 0 radical (unpaired) electrons. The third kappa shape index (κ3) is 2.38. The van der Waals surface area contributed by atoms with Gasteiger partial charge < -0.3 is 5.11 Å². The van der Waals surface area contributed by atoms with Gasteiger partial charge in [-0.25, -0.2) is 13.7 Å². The molecular formula is C17H11F2NO3. The van der Waals surface area contributed by atoms with Crippen molar-refractivity contribution in [3.63, 3.8) is 0 Å². The summed E-state index contributed by atoms with van der Waals surface area (Å²) in [7, 11) is 0. The van der Waals surface area contributed by atoms with Gasteiger partial charge >= 0.3 is 0 Å². The molecule has 0 atom stereocenters. The van der Waals surface area contributed by atoms with Gasteiger partial charge in [-0.1, -0.05) is 12.1 Å². The maximum Gasteiger partial charge on any atom is 0.269 e. The average molecular weight is 315 g/mol. The Morgan fingerprint density at radius 1 is 1.09 bits per heavy atom. The number of carbonyl (C=O) groups is 2. The van der Waals surface area contributed by atoms with Gasteiger partial charge in [-0.15, -0.1) is 0 Å². The van der Waals surface area contributed by atoms with Crippen molar-refractivity contribution in [2.45, 2.75) is 6.92 Å². The standard InChI is InChI=1S/C17H11F2NO3/c1-9(21)20-14-8-12(19)5-6-13(14)15(17(20)23)16(22)10-3-2-4-11(18)7-10/h2-8,22H,1H3. The zero-order chi connectivity index (χ0) is 16.7. The van der Waals surface area contributed by atoms with E-state index < -0.39 is 29.2 Å². The van der Waals surface area contributed by atoms with Gasteiger partial charge in [-0.3, -0.25) is 9.59 Å². The van der Waals surface area contributed by atoms with E-state index in [1.165, 1.54) is 24.3 Å². The van der Waals surface area contributed by atoms with E-state index in [0.717, 1.165) is 30.0 Å². The molecule has 2 aromatic rings. The molecule has 0 aromatic heterocycles. The molecule has 23 heavy (non-hydrogen) atoms. The number of aliphatic hydroxyl groups is 1. The molecule has 6 heteroatoms. The third-order valence-electron chi connectivity index (χ3n) is 3.54. The number of rotatable bonds is 1. The molecule has 1 aliphatic heterocycles. The summed E-state index contributed by atoms with van der Waals surface area (Å²) in [6, 6.07) is 8.54. The molecular weight excluding hydrogens is 304 g/mol. The van der Waals surface area contributed by atoms with Crippen molar-refractivity contribution >= 4 is 28.8 Å². The minimum Gasteiger partial charge on any atom is -0.506 e. The lowest BCUT2D eigenvalue weighted by Gasteiger charge is -2.11. The van der Waals surface area contributed by atoms with Crippen molar-refractivity contribution in [3.8, 4) is 0 Å². The van der Waals surface area contributed by atoms with E-state index in [1.54, 1.807) is 0 Å². The van der Waals surface area contributed by atoms with Crippen LogP contribution in [0.4, 0.5) is 14.5 Å². The molecule has 1 heterocycles. The number of fused-ring (bicyclic) bond motifs is 1. The Morgan fingerprint density at radius 2 is 1.78 bits per heavy atom. The fourth-order valence-electron chi connectivity index (χ4n) is 2.56. The maximum atomic E-state index is 13.5. The van der Waals surface area contributed by atoms with Gasteiger partial charge in [0.25, 0.3) is 5.91 Å². The van der Waals surface area contributed by atoms with E-state index in [0.29, 0.717) is 0 Å². The Bertz CT molecular complexity index is 874. The fourth-order valence-corrected chi connectivity index (χ4v) is 2.56. The number of imide groups is 1. The van der Waals surface area contributed by atoms with E-state index in [2.05, 4.69) is 0 Å². The highest BCUT2D eigenvalue weighted by Crippen LogP contribution is 2.40. The lowest BCUT2D eigenvalue weighted by atomic mass is 10.0. The minimum absolute atomic E-state index is 0.0560. The first-order valence-electron chi connectivity index (χ1n) is 6.74. The summed E-state index contributed by atoms with van der Waals surface area (Å²) in [4.78, 5) is 25.0. The van der Waals surface area contributed by atoms with Crippen LogP contribution in [0.15, 0.2) is 42.5 Å². The monoisotopic (exact) mass is 315 g/mol. The highest BCUT2D eigenvalue weighted by atomic mass is 19.1. The number of hydrogen-bond donors (Lipinski definition) is 1. The second-order valence-corrected chi connectivity index (χ2v) is 5.06. The maximum absolute atomic E-state index is 13.5. The average Bonchev–Trinajstić information content (AvgIpc) is 2.77. The number of amides is 2. The highest BCUT2D eigenvalue weighted by Gasteiger charge is 2.38. The first kappa shape index (κ1) is 14.9. The van der Waals surface area contributed by atoms with Gasteiger partial charge in [0.1, 0.15) is 17.4 Å². The molecule has 0 unspecified atom stereocenters. The first-order chi connectivity index (χ1) is 10.9. The molecule has 0 spiro atoms. The number of carbonyl (C=O) groups excluding carboxylic acids is 2. The van der Waals surface area contributed by atoms with Crippen LogP contribution in [0.2, 0.25) is 0 Å². The van der Waals surface area contributed by atoms with Crippen LogP contribution in [-0.2, 0) is 9.59 Å². The topological polar surface area (TPSA) is 57.6 Å². The number of anilines is 1. The fraction of sp³-hybridized carbons (Fsp3) is 0.0588. The van der Waals surface area contributed by atoms with Gasteiger partial charge in [0.15, 0.2) is 0 Å². The van der Waals surface area contributed by atoms with Crippen LogP contribution in [-0.4, -0.2) is 16.9 Å². The summed E-state index contributed by atoms with van der Waals surface area (Å²) in [5, 5.41) is 10.4. The minimum atomic E-state index is -0.778.